The summed E-state index contributed by atoms with van der Waals surface area (Å²) in [6.45, 7) is 4.45. The van der Waals surface area contributed by atoms with Crippen LogP contribution in [0.2, 0.25) is 0 Å². The van der Waals surface area contributed by atoms with Gasteiger partial charge in [-0.25, -0.2) is 4.79 Å². The molecular weight excluding hydrogens is 344 g/mol. The van der Waals surface area contributed by atoms with E-state index in [-0.39, 0.29) is 24.8 Å². The molecule has 1 aromatic rings. The Morgan fingerprint density at radius 1 is 1.24 bits per heavy atom. The van der Waals surface area contributed by atoms with Gasteiger partial charge in [0.25, 0.3) is 0 Å². The van der Waals surface area contributed by atoms with Crippen molar-refractivity contribution in [3.63, 3.8) is 0 Å². The molecule has 1 heterocycles. The summed E-state index contributed by atoms with van der Waals surface area (Å²) in [5, 5.41) is 4.84. The lowest BCUT2D eigenvalue weighted by molar-refractivity contribution is -0.146. The molecule has 1 saturated heterocycles. The van der Waals surface area contributed by atoms with Crippen molar-refractivity contribution in [1.82, 2.24) is 5.32 Å². The molecule has 1 aliphatic rings. The molecule has 0 aliphatic carbocycles. The normalized spacial score (nSPS) is 19.7. The Labute approximate surface area is 150 Å². The Kier molecular flexibility index (Phi) is 7.12. The Balaban J connectivity index is 1.82. The highest BCUT2D eigenvalue weighted by atomic mass is 32.2. The van der Waals surface area contributed by atoms with Crippen molar-refractivity contribution in [1.29, 1.82) is 0 Å². The van der Waals surface area contributed by atoms with Gasteiger partial charge in [0, 0.05) is 17.9 Å². The molecule has 0 aromatic heterocycles. The first kappa shape index (κ1) is 19.1. The van der Waals surface area contributed by atoms with Gasteiger partial charge in [-0.15, -0.1) is 11.8 Å². The molecule has 2 rings (SSSR count). The topological polar surface area (TPSA) is 93.7 Å². The van der Waals surface area contributed by atoms with E-state index in [0.29, 0.717) is 18.0 Å². The first-order valence-electron chi connectivity index (χ1n) is 8.14. The van der Waals surface area contributed by atoms with E-state index in [1.54, 1.807) is 31.2 Å². The minimum atomic E-state index is -0.650. The summed E-state index contributed by atoms with van der Waals surface area (Å²) in [5.41, 5.74) is 0.638. The quantitative estimate of drug-likeness (QED) is 0.712. The van der Waals surface area contributed by atoms with Gasteiger partial charge in [-0.3, -0.25) is 9.59 Å². The van der Waals surface area contributed by atoms with E-state index in [9.17, 15) is 14.4 Å². The van der Waals surface area contributed by atoms with E-state index in [0.717, 1.165) is 5.75 Å². The summed E-state index contributed by atoms with van der Waals surface area (Å²) in [5.74, 6) is 0.0990. The number of carbonyl (C=O) groups excluding carboxylic acids is 3. The van der Waals surface area contributed by atoms with E-state index < -0.39 is 17.3 Å². The van der Waals surface area contributed by atoms with Crippen molar-refractivity contribution in [3.05, 3.63) is 24.3 Å². The summed E-state index contributed by atoms with van der Waals surface area (Å²) in [4.78, 5) is 35.9. The SMILES string of the molecule is CCOC(=O)[C@@H]1CSC(CC(=O)Nc2ccc(OCC)cc2)C(=O)N1. The molecular formula is C17H22N2O5S. The molecule has 2 atom stereocenters. The third kappa shape index (κ3) is 5.67. The zero-order valence-corrected chi connectivity index (χ0v) is 15.1. The molecule has 136 valence electrons. The summed E-state index contributed by atoms with van der Waals surface area (Å²) in [6.07, 6.45) is 0.0409. The van der Waals surface area contributed by atoms with Crippen LogP contribution in [0, 0.1) is 0 Å². The van der Waals surface area contributed by atoms with Gasteiger partial charge in [0.15, 0.2) is 0 Å². The minimum Gasteiger partial charge on any atom is -0.494 e. The fourth-order valence-electron chi connectivity index (χ4n) is 2.30. The van der Waals surface area contributed by atoms with Crippen LogP contribution >= 0.6 is 11.8 Å². The number of amides is 2. The average Bonchev–Trinajstić information content (AvgIpc) is 2.59. The van der Waals surface area contributed by atoms with Crippen LogP contribution in [0.1, 0.15) is 20.3 Å². The number of hydrogen-bond acceptors (Lipinski definition) is 6. The van der Waals surface area contributed by atoms with Crippen LogP contribution in [-0.2, 0) is 19.1 Å². The second-order valence-electron chi connectivity index (χ2n) is 5.34. The van der Waals surface area contributed by atoms with Crippen molar-refractivity contribution in [2.45, 2.75) is 31.6 Å². The first-order valence-corrected chi connectivity index (χ1v) is 9.19. The molecule has 0 saturated carbocycles. The maximum absolute atomic E-state index is 12.1. The molecule has 25 heavy (non-hydrogen) atoms. The monoisotopic (exact) mass is 366 g/mol. The van der Waals surface area contributed by atoms with Gasteiger partial charge in [-0.2, -0.15) is 0 Å². The number of anilines is 1. The zero-order chi connectivity index (χ0) is 18.2. The predicted molar refractivity (Wildman–Crippen MR) is 95.7 cm³/mol. The fraction of sp³-hybridized carbons (Fsp3) is 0.471. The van der Waals surface area contributed by atoms with Crippen LogP contribution < -0.4 is 15.4 Å². The number of esters is 1. The van der Waals surface area contributed by atoms with Crippen molar-refractivity contribution in [3.8, 4) is 5.75 Å². The third-order valence-corrected chi connectivity index (χ3v) is 4.77. The third-order valence-electron chi connectivity index (χ3n) is 3.46. The Bertz CT molecular complexity index is 620. The second kappa shape index (κ2) is 9.31. The maximum atomic E-state index is 12.1. The number of nitrogens with one attached hydrogen (secondary N) is 2. The maximum Gasteiger partial charge on any atom is 0.329 e. The van der Waals surface area contributed by atoms with Gasteiger partial charge in [0.05, 0.1) is 18.5 Å². The molecule has 0 bridgehead atoms. The van der Waals surface area contributed by atoms with Gasteiger partial charge >= 0.3 is 5.97 Å². The van der Waals surface area contributed by atoms with Crippen LogP contribution in [-0.4, -0.2) is 48.0 Å². The van der Waals surface area contributed by atoms with Crippen LogP contribution in [0.4, 0.5) is 5.69 Å². The van der Waals surface area contributed by atoms with Crippen LogP contribution in [0.5, 0.6) is 5.75 Å². The summed E-state index contributed by atoms with van der Waals surface area (Å²) in [6, 6.07) is 6.38. The number of rotatable bonds is 7. The minimum absolute atomic E-state index is 0.0409. The lowest BCUT2D eigenvalue weighted by Gasteiger charge is -2.27. The van der Waals surface area contributed by atoms with E-state index in [2.05, 4.69) is 10.6 Å². The Hall–Kier alpha value is -2.22. The molecule has 0 radical (unpaired) electrons. The highest BCUT2D eigenvalue weighted by Gasteiger charge is 2.34. The highest BCUT2D eigenvalue weighted by Crippen LogP contribution is 2.22. The fourth-order valence-corrected chi connectivity index (χ4v) is 3.43. The molecule has 1 fully saturated rings. The van der Waals surface area contributed by atoms with Crippen molar-refractivity contribution in [2.75, 3.05) is 24.3 Å². The molecule has 0 spiro atoms. The van der Waals surface area contributed by atoms with Gasteiger partial charge in [0.1, 0.15) is 11.8 Å². The average molecular weight is 366 g/mol. The van der Waals surface area contributed by atoms with E-state index in [4.69, 9.17) is 9.47 Å². The highest BCUT2D eigenvalue weighted by molar-refractivity contribution is 8.00. The Morgan fingerprint density at radius 3 is 2.56 bits per heavy atom. The van der Waals surface area contributed by atoms with Crippen LogP contribution in [0.3, 0.4) is 0 Å². The smallest absolute Gasteiger partial charge is 0.329 e. The van der Waals surface area contributed by atoms with Crippen molar-refractivity contribution >= 4 is 35.2 Å². The number of benzene rings is 1. The molecule has 8 heteroatoms. The van der Waals surface area contributed by atoms with E-state index >= 15 is 0 Å². The summed E-state index contributed by atoms with van der Waals surface area (Å²) in [7, 11) is 0. The van der Waals surface area contributed by atoms with Gasteiger partial charge in [0.2, 0.25) is 11.8 Å². The zero-order valence-electron chi connectivity index (χ0n) is 14.2. The number of hydrogen-bond donors (Lipinski definition) is 2. The summed E-state index contributed by atoms with van der Waals surface area (Å²) < 4.78 is 10.2. The number of thioether (sulfide) groups is 1. The van der Waals surface area contributed by atoms with Crippen molar-refractivity contribution in [2.24, 2.45) is 0 Å². The molecule has 1 aliphatic heterocycles. The second-order valence-corrected chi connectivity index (χ2v) is 6.58. The Morgan fingerprint density at radius 2 is 1.96 bits per heavy atom. The molecule has 2 N–H and O–H groups in total. The molecule has 7 nitrogen and oxygen atoms in total. The lowest BCUT2D eigenvalue weighted by atomic mass is 10.2. The van der Waals surface area contributed by atoms with Gasteiger partial charge in [-0.05, 0) is 38.1 Å². The predicted octanol–water partition coefficient (Wildman–Crippen LogP) is 1.58. The largest absolute Gasteiger partial charge is 0.494 e. The van der Waals surface area contributed by atoms with Crippen LogP contribution in [0.15, 0.2) is 24.3 Å². The molecule has 2 amide bonds. The molecule has 1 unspecified atom stereocenters. The summed E-state index contributed by atoms with van der Waals surface area (Å²) >= 11 is 1.29. The number of ether oxygens (including phenoxy) is 2. The van der Waals surface area contributed by atoms with E-state index in [1.165, 1.54) is 11.8 Å². The van der Waals surface area contributed by atoms with Gasteiger partial charge in [-0.1, -0.05) is 0 Å². The van der Waals surface area contributed by atoms with Gasteiger partial charge < -0.3 is 20.1 Å². The van der Waals surface area contributed by atoms with E-state index in [1.807, 2.05) is 6.92 Å². The first-order chi connectivity index (χ1) is 12.0. The number of carbonyl (C=O) groups is 3. The lowest BCUT2D eigenvalue weighted by Crippen LogP contribution is -2.51. The molecule has 1 aromatic carbocycles. The van der Waals surface area contributed by atoms with Crippen LogP contribution in [0.25, 0.3) is 0 Å². The van der Waals surface area contributed by atoms with Crippen molar-refractivity contribution < 1.29 is 23.9 Å². The standard InChI is InChI=1S/C17H22N2O5S/c1-3-23-12-7-5-11(6-8-12)18-15(20)9-14-16(21)19-13(10-25-14)17(22)24-4-2/h5-8,13-14H,3-4,9-10H2,1-2H3,(H,18,20)(H,19,21)/t13-,14?/m0/s1.